The Morgan fingerprint density at radius 3 is 2.57 bits per heavy atom. The van der Waals surface area contributed by atoms with Crippen LogP contribution in [0.3, 0.4) is 0 Å². The normalized spacial score (nSPS) is 18.5. The molecule has 0 aliphatic carbocycles. The molecule has 1 aliphatic heterocycles. The summed E-state index contributed by atoms with van der Waals surface area (Å²) in [6.07, 6.45) is 2.74. The average molecular weight is 384 g/mol. The number of ether oxygens (including phenoxy) is 1. The Morgan fingerprint density at radius 2 is 1.93 bits per heavy atom. The number of hydrogen-bond donors (Lipinski definition) is 1. The number of hydrogen-bond acceptors (Lipinski definition) is 3. The van der Waals surface area contributed by atoms with Crippen LogP contribution in [0.1, 0.15) is 43.4 Å². The predicted molar refractivity (Wildman–Crippen MR) is 109 cm³/mol. The smallest absolute Gasteiger partial charge is 0.224 e. The highest BCUT2D eigenvalue weighted by atomic mass is 19.1. The summed E-state index contributed by atoms with van der Waals surface area (Å²) in [4.78, 5) is 15.2. The van der Waals surface area contributed by atoms with Crippen LogP contribution < -0.4 is 10.1 Å². The Kier molecular flexibility index (Phi) is 7.04. The Bertz CT molecular complexity index is 761. The lowest BCUT2D eigenvalue weighted by atomic mass is 9.95. The van der Waals surface area contributed by atoms with Crippen molar-refractivity contribution in [2.45, 2.75) is 38.8 Å². The minimum absolute atomic E-state index is 0.00545. The van der Waals surface area contributed by atoms with Gasteiger partial charge in [-0.15, -0.1) is 0 Å². The first kappa shape index (κ1) is 20.3. The van der Waals surface area contributed by atoms with Gasteiger partial charge in [0.05, 0.1) is 19.1 Å². The van der Waals surface area contributed by atoms with Gasteiger partial charge in [0.15, 0.2) is 0 Å². The quantitative estimate of drug-likeness (QED) is 0.773. The fourth-order valence-electron chi connectivity index (χ4n) is 3.81. The van der Waals surface area contributed by atoms with E-state index in [2.05, 4.69) is 17.1 Å². The number of nitrogens with one attached hydrogen (secondary N) is 1. The number of benzene rings is 2. The molecule has 0 saturated carbocycles. The maximum atomic E-state index is 13.1. The number of amides is 1. The maximum absolute atomic E-state index is 13.1. The van der Waals surface area contributed by atoms with Crippen LogP contribution in [0.25, 0.3) is 0 Å². The second kappa shape index (κ2) is 9.69. The molecule has 1 aliphatic rings. The van der Waals surface area contributed by atoms with Crippen LogP contribution in [0.15, 0.2) is 48.5 Å². The molecule has 1 fully saturated rings. The van der Waals surface area contributed by atoms with Crippen molar-refractivity contribution >= 4 is 5.91 Å². The largest absolute Gasteiger partial charge is 0.497 e. The lowest BCUT2D eigenvalue weighted by Gasteiger charge is -2.33. The van der Waals surface area contributed by atoms with E-state index in [1.807, 2.05) is 36.4 Å². The molecule has 0 unspecified atom stereocenters. The highest BCUT2D eigenvalue weighted by Gasteiger charge is 2.27. The molecule has 0 radical (unpaired) electrons. The third-order valence-corrected chi connectivity index (χ3v) is 5.44. The van der Waals surface area contributed by atoms with E-state index >= 15 is 0 Å². The van der Waals surface area contributed by atoms with Crippen molar-refractivity contribution in [3.8, 4) is 5.75 Å². The van der Waals surface area contributed by atoms with E-state index in [0.29, 0.717) is 0 Å². The molecule has 2 aromatic carbocycles. The number of rotatable bonds is 7. The van der Waals surface area contributed by atoms with Gasteiger partial charge in [0.1, 0.15) is 11.6 Å². The Morgan fingerprint density at radius 1 is 1.21 bits per heavy atom. The van der Waals surface area contributed by atoms with Crippen molar-refractivity contribution in [1.82, 2.24) is 10.2 Å². The van der Waals surface area contributed by atoms with E-state index in [9.17, 15) is 9.18 Å². The zero-order chi connectivity index (χ0) is 19.9. The van der Waals surface area contributed by atoms with Crippen molar-refractivity contribution < 1.29 is 13.9 Å². The highest BCUT2D eigenvalue weighted by molar-refractivity contribution is 5.79. The van der Waals surface area contributed by atoms with Crippen molar-refractivity contribution in [2.24, 2.45) is 5.92 Å². The Hall–Kier alpha value is -2.40. The van der Waals surface area contributed by atoms with E-state index < -0.39 is 0 Å². The van der Waals surface area contributed by atoms with Crippen LogP contribution in [0.5, 0.6) is 5.75 Å². The molecule has 3 rings (SSSR count). The molecule has 4 nitrogen and oxygen atoms in total. The van der Waals surface area contributed by atoms with Gasteiger partial charge in [0.25, 0.3) is 0 Å². The molecule has 1 heterocycles. The van der Waals surface area contributed by atoms with Crippen LogP contribution in [-0.2, 0) is 11.3 Å². The van der Waals surface area contributed by atoms with Gasteiger partial charge >= 0.3 is 0 Å². The van der Waals surface area contributed by atoms with E-state index in [-0.39, 0.29) is 23.7 Å². The van der Waals surface area contributed by atoms with Crippen molar-refractivity contribution in [1.29, 1.82) is 0 Å². The standard InChI is InChI=1S/C23H29FN2O2/c1-3-22(18-8-12-21(28-2)13-9-18)25-23(27)19-5-4-14-26(16-19)15-17-6-10-20(24)11-7-17/h6-13,19,22H,3-5,14-16H2,1-2H3,(H,25,27)/t19-,22-/m1/s1. The molecule has 1 amide bonds. The molecule has 5 heteroatoms. The van der Waals surface area contributed by atoms with Crippen molar-refractivity contribution in [3.63, 3.8) is 0 Å². The lowest BCUT2D eigenvalue weighted by molar-refractivity contribution is -0.127. The number of likely N-dealkylation sites (tertiary alicyclic amines) is 1. The summed E-state index contributed by atoms with van der Waals surface area (Å²) in [6.45, 7) is 4.54. The molecule has 1 N–H and O–H groups in total. The van der Waals surface area contributed by atoms with Crippen LogP contribution >= 0.6 is 0 Å². The third kappa shape index (κ3) is 5.32. The van der Waals surface area contributed by atoms with E-state index in [1.54, 1.807) is 7.11 Å². The summed E-state index contributed by atoms with van der Waals surface area (Å²) in [5.41, 5.74) is 2.17. The first-order chi connectivity index (χ1) is 13.6. The number of halogens is 1. The molecule has 0 bridgehead atoms. The summed E-state index contributed by atoms with van der Waals surface area (Å²) in [6, 6.07) is 14.5. The Labute approximate surface area is 166 Å². The molecule has 0 spiro atoms. The molecule has 28 heavy (non-hydrogen) atoms. The van der Waals surface area contributed by atoms with Gasteiger partial charge in [-0.3, -0.25) is 9.69 Å². The first-order valence-corrected chi connectivity index (χ1v) is 10.00. The van der Waals surface area contributed by atoms with Gasteiger partial charge in [-0.2, -0.15) is 0 Å². The molecule has 0 aromatic heterocycles. The lowest BCUT2D eigenvalue weighted by Crippen LogP contribution is -2.43. The van der Waals surface area contributed by atoms with Crippen LogP contribution in [0, 0.1) is 11.7 Å². The summed E-state index contributed by atoms with van der Waals surface area (Å²) in [7, 11) is 1.65. The molecule has 2 atom stereocenters. The van der Waals surface area contributed by atoms with Gasteiger partial charge in [-0.25, -0.2) is 4.39 Å². The van der Waals surface area contributed by atoms with Crippen LogP contribution in [0.4, 0.5) is 4.39 Å². The zero-order valence-electron chi connectivity index (χ0n) is 16.7. The third-order valence-electron chi connectivity index (χ3n) is 5.44. The minimum atomic E-state index is -0.219. The van der Waals surface area contributed by atoms with Crippen LogP contribution in [0.2, 0.25) is 0 Å². The summed E-state index contributed by atoms with van der Waals surface area (Å²) < 4.78 is 18.3. The Balaban J connectivity index is 1.58. The van der Waals surface area contributed by atoms with Gasteiger partial charge in [-0.1, -0.05) is 31.2 Å². The first-order valence-electron chi connectivity index (χ1n) is 10.00. The second-order valence-electron chi connectivity index (χ2n) is 7.44. The molecule has 2 aromatic rings. The second-order valence-corrected chi connectivity index (χ2v) is 7.44. The molecular weight excluding hydrogens is 355 g/mol. The highest BCUT2D eigenvalue weighted by Crippen LogP contribution is 2.23. The summed E-state index contributed by atoms with van der Waals surface area (Å²) in [5, 5.41) is 3.23. The van der Waals surface area contributed by atoms with Gasteiger partial charge in [-0.05, 0) is 61.2 Å². The monoisotopic (exact) mass is 384 g/mol. The zero-order valence-corrected chi connectivity index (χ0v) is 16.7. The predicted octanol–water partition coefficient (Wildman–Crippen LogP) is 4.31. The number of nitrogens with zero attached hydrogens (tertiary/aromatic N) is 1. The average Bonchev–Trinajstić information content (AvgIpc) is 2.74. The number of piperidine rings is 1. The number of carbonyl (C=O) groups excluding carboxylic acids is 1. The van der Waals surface area contributed by atoms with Gasteiger partial charge in [0, 0.05) is 13.1 Å². The number of carbonyl (C=O) groups is 1. The number of methoxy groups -OCH3 is 1. The van der Waals surface area contributed by atoms with Crippen LogP contribution in [-0.4, -0.2) is 31.0 Å². The summed E-state index contributed by atoms with van der Waals surface area (Å²) in [5.74, 6) is 0.699. The van der Waals surface area contributed by atoms with Gasteiger partial charge in [0.2, 0.25) is 5.91 Å². The van der Waals surface area contributed by atoms with Crippen molar-refractivity contribution in [2.75, 3.05) is 20.2 Å². The molecule has 1 saturated heterocycles. The van der Waals surface area contributed by atoms with Gasteiger partial charge < -0.3 is 10.1 Å². The maximum Gasteiger partial charge on any atom is 0.224 e. The minimum Gasteiger partial charge on any atom is -0.497 e. The molecular formula is C23H29FN2O2. The topological polar surface area (TPSA) is 41.6 Å². The van der Waals surface area contributed by atoms with E-state index in [1.165, 1.54) is 12.1 Å². The van der Waals surface area contributed by atoms with Crippen molar-refractivity contribution in [3.05, 3.63) is 65.5 Å². The van der Waals surface area contributed by atoms with E-state index in [4.69, 9.17) is 4.74 Å². The summed E-state index contributed by atoms with van der Waals surface area (Å²) >= 11 is 0. The van der Waals surface area contributed by atoms with E-state index in [0.717, 1.165) is 55.8 Å². The molecule has 150 valence electrons. The fraction of sp³-hybridized carbons (Fsp3) is 0.435. The fourth-order valence-corrected chi connectivity index (χ4v) is 3.81. The SMILES string of the molecule is CC[C@@H](NC(=O)[C@@H]1CCCN(Cc2ccc(F)cc2)C1)c1ccc(OC)cc1.